The van der Waals surface area contributed by atoms with E-state index in [-0.39, 0.29) is 5.92 Å². The van der Waals surface area contributed by atoms with Gasteiger partial charge in [0.25, 0.3) is 0 Å². The number of hydrogen-bond donors (Lipinski definition) is 2. The van der Waals surface area contributed by atoms with Gasteiger partial charge in [-0.25, -0.2) is 0 Å². The summed E-state index contributed by atoms with van der Waals surface area (Å²) in [5.74, 6) is -0.618. The smallest absolute Gasteiger partial charge is 0.416 e. The average Bonchev–Trinajstić information content (AvgIpc) is 2.99. The molecule has 2 aromatic rings. The minimum Gasteiger partial charge on any atom is -0.480 e. The Morgan fingerprint density at radius 3 is 2.32 bits per heavy atom. The number of halogens is 3. The van der Waals surface area contributed by atoms with E-state index in [0.29, 0.717) is 18.5 Å². The van der Waals surface area contributed by atoms with Crippen LogP contribution in [0.5, 0.6) is 0 Å². The zero-order chi connectivity index (χ0) is 18.6. The van der Waals surface area contributed by atoms with Crippen molar-refractivity contribution in [3.05, 3.63) is 46.8 Å². The van der Waals surface area contributed by atoms with Crippen LogP contribution < -0.4 is 5.32 Å². The summed E-state index contributed by atoms with van der Waals surface area (Å²) in [6.07, 6.45) is -3.81. The number of thiophene rings is 1. The number of aliphatic carboxylic acids is 1. The molecule has 3 nitrogen and oxygen atoms in total. The molecule has 7 heteroatoms. The Kier molecular flexibility index (Phi) is 6.24. The number of hydrogen-bond acceptors (Lipinski definition) is 3. The second-order valence-corrected chi connectivity index (χ2v) is 7.41. The summed E-state index contributed by atoms with van der Waals surface area (Å²) >= 11 is 1.44. The van der Waals surface area contributed by atoms with Crippen LogP contribution in [0.15, 0.2) is 36.4 Å². The Bertz CT molecular complexity index is 708. The summed E-state index contributed by atoms with van der Waals surface area (Å²) in [4.78, 5) is 13.0. The fourth-order valence-electron chi connectivity index (χ4n) is 2.42. The van der Waals surface area contributed by atoms with Gasteiger partial charge in [0.15, 0.2) is 0 Å². The van der Waals surface area contributed by atoms with Crippen LogP contribution in [0.1, 0.15) is 30.7 Å². The summed E-state index contributed by atoms with van der Waals surface area (Å²) in [7, 11) is 0. The molecule has 25 heavy (non-hydrogen) atoms. The quantitative estimate of drug-likeness (QED) is 0.718. The number of alkyl halides is 3. The van der Waals surface area contributed by atoms with E-state index in [9.17, 15) is 23.1 Å². The van der Waals surface area contributed by atoms with Crippen molar-refractivity contribution in [1.29, 1.82) is 0 Å². The van der Waals surface area contributed by atoms with E-state index < -0.39 is 23.8 Å². The highest BCUT2D eigenvalue weighted by molar-refractivity contribution is 7.15. The van der Waals surface area contributed by atoms with E-state index in [4.69, 9.17) is 0 Å². The highest BCUT2D eigenvalue weighted by Gasteiger charge is 2.30. The summed E-state index contributed by atoms with van der Waals surface area (Å²) < 4.78 is 37.8. The minimum absolute atomic E-state index is 0.264. The van der Waals surface area contributed by atoms with Crippen LogP contribution in [0.4, 0.5) is 13.2 Å². The fourth-order valence-corrected chi connectivity index (χ4v) is 3.38. The van der Waals surface area contributed by atoms with E-state index in [1.807, 2.05) is 26.0 Å². The second kappa shape index (κ2) is 8.01. The van der Waals surface area contributed by atoms with Gasteiger partial charge < -0.3 is 5.11 Å². The molecule has 0 saturated heterocycles. The van der Waals surface area contributed by atoms with Gasteiger partial charge in [-0.05, 0) is 42.2 Å². The van der Waals surface area contributed by atoms with Crippen LogP contribution in [-0.4, -0.2) is 17.1 Å². The highest BCUT2D eigenvalue weighted by Crippen LogP contribution is 2.33. The zero-order valence-corrected chi connectivity index (χ0v) is 14.7. The lowest BCUT2D eigenvalue weighted by atomic mass is 10.0. The molecule has 0 aliphatic rings. The lowest BCUT2D eigenvalue weighted by Gasteiger charge is -2.15. The molecule has 0 unspecified atom stereocenters. The predicted molar refractivity (Wildman–Crippen MR) is 92.5 cm³/mol. The minimum atomic E-state index is -4.34. The van der Waals surface area contributed by atoms with Crippen molar-refractivity contribution < 1.29 is 23.1 Å². The van der Waals surface area contributed by atoms with E-state index >= 15 is 0 Å². The summed E-state index contributed by atoms with van der Waals surface area (Å²) in [6.45, 7) is 4.34. The van der Waals surface area contributed by atoms with Crippen LogP contribution in [0, 0.1) is 5.92 Å². The highest BCUT2D eigenvalue weighted by atomic mass is 32.1. The number of benzene rings is 1. The van der Waals surface area contributed by atoms with E-state index in [1.54, 1.807) is 0 Å². The molecular formula is C18H20F3NO2S. The Balaban J connectivity index is 2.03. The van der Waals surface area contributed by atoms with Gasteiger partial charge in [-0.1, -0.05) is 26.0 Å². The first-order chi connectivity index (χ1) is 11.7. The molecule has 1 atom stereocenters. The van der Waals surface area contributed by atoms with Gasteiger partial charge in [-0.15, -0.1) is 11.3 Å². The van der Waals surface area contributed by atoms with Crippen molar-refractivity contribution in [2.75, 3.05) is 0 Å². The number of carboxylic acids is 1. The fraction of sp³-hybridized carbons (Fsp3) is 0.389. The summed E-state index contributed by atoms with van der Waals surface area (Å²) in [5, 5.41) is 12.2. The van der Waals surface area contributed by atoms with Crippen molar-refractivity contribution in [1.82, 2.24) is 5.32 Å². The van der Waals surface area contributed by atoms with Crippen LogP contribution in [0.3, 0.4) is 0 Å². The molecule has 1 heterocycles. The predicted octanol–water partition coefficient (Wildman–Crippen LogP) is 5.02. The van der Waals surface area contributed by atoms with E-state index in [1.165, 1.54) is 23.5 Å². The van der Waals surface area contributed by atoms with Gasteiger partial charge in [0.2, 0.25) is 0 Å². The van der Waals surface area contributed by atoms with Gasteiger partial charge in [0, 0.05) is 16.3 Å². The number of nitrogens with one attached hydrogen (secondary N) is 1. The van der Waals surface area contributed by atoms with E-state index in [2.05, 4.69) is 5.32 Å². The molecule has 0 radical (unpaired) electrons. The van der Waals surface area contributed by atoms with Crippen LogP contribution in [-0.2, 0) is 17.5 Å². The Morgan fingerprint density at radius 1 is 1.16 bits per heavy atom. The lowest BCUT2D eigenvalue weighted by molar-refractivity contribution is -0.140. The van der Waals surface area contributed by atoms with Crippen molar-refractivity contribution in [3.8, 4) is 10.4 Å². The van der Waals surface area contributed by atoms with Crippen LogP contribution in [0.2, 0.25) is 0 Å². The lowest BCUT2D eigenvalue weighted by Crippen LogP contribution is -2.37. The monoisotopic (exact) mass is 371 g/mol. The maximum Gasteiger partial charge on any atom is 0.416 e. The van der Waals surface area contributed by atoms with Crippen molar-refractivity contribution >= 4 is 17.3 Å². The third-order valence-electron chi connectivity index (χ3n) is 3.69. The molecule has 136 valence electrons. The normalized spacial score (nSPS) is 13.2. The van der Waals surface area contributed by atoms with E-state index in [0.717, 1.165) is 21.9 Å². The molecule has 2 rings (SSSR count). The topological polar surface area (TPSA) is 49.3 Å². The zero-order valence-electron chi connectivity index (χ0n) is 13.9. The Hall–Kier alpha value is -1.86. The van der Waals surface area contributed by atoms with Crippen molar-refractivity contribution in [2.24, 2.45) is 5.92 Å². The number of carbonyl (C=O) groups is 1. The summed E-state index contributed by atoms with van der Waals surface area (Å²) in [6, 6.07) is 8.11. The van der Waals surface area contributed by atoms with Crippen molar-refractivity contribution in [3.63, 3.8) is 0 Å². The van der Waals surface area contributed by atoms with Gasteiger partial charge in [0.05, 0.1) is 5.56 Å². The molecule has 0 spiro atoms. The summed E-state index contributed by atoms with van der Waals surface area (Å²) in [5.41, 5.74) is 0.0360. The molecule has 2 N–H and O–H groups in total. The molecule has 0 fully saturated rings. The molecule has 0 aliphatic carbocycles. The molecule has 0 saturated carbocycles. The molecule has 0 aliphatic heterocycles. The standard InChI is InChI=1S/C18H20F3NO2S/c1-11(2)9-15(17(23)24)22-10-14-7-8-16(25-14)12-3-5-13(6-4-12)18(19,20)21/h3-8,11,15,22H,9-10H2,1-2H3,(H,23,24)/t15-/m1/s1. The molecule has 1 aromatic heterocycles. The molecular weight excluding hydrogens is 351 g/mol. The third kappa shape index (κ3) is 5.57. The number of rotatable bonds is 7. The Morgan fingerprint density at radius 2 is 1.80 bits per heavy atom. The third-order valence-corrected chi connectivity index (χ3v) is 4.82. The van der Waals surface area contributed by atoms with Gasteiger partial charge in [-0.2, -0.15) is 13.2 Å². The average molecular weight is 371 g/mol. The largest absolute Gasteiger partial charge is 0.480 e. The van der Waals surface area contributed by atoms with Crippen molar-refractivity contribution in [2.45, 2.75) is 39.0 Å². The van der Waals surface area contributed by atoms with Gasteiger partial charge in [-0.3, -0.25) is 10.1 Å². The molecule has 1 aromatic carbocycles. The first kappa shape index (κ1) is 19.5. The van der Waals surface area contributed by atoms with Gasteiger partial charge >= 0.3 is 12.1 Å². The van der Waals surface area contributed by atoms with Crippen LogP contribution >= 0.6 is 11.3 Å². The number of carboxylic acid groups (broad SMARTS) is 1. The van der Waals surface area contributed by atoms with Crippen LogP contribution in [0.25, 0.3) is 10.4 Å². The SMILES string of the molecule is CC(C)C[C@@H](NCc1ccc(-c2ccc(C(F)(F)F)cc2)s1)C(=O)O. The van der Waals surface area contributed by atoms with Gasteiger partial charge in [0.1, 0.15) is 6.04 Å². The molecule has 0 bridgehead atoms. The first-order valence-corrected chi connectivity index (χ1v) is 8.71. The molecule has 0 amide bonds. The maximum atomic E-state index is 12.6. The first-order valence-electron chi connectivity index (χ1n) is 7.89. The Labute approximate surface area is 148 Å². The maximum absolute atomic E-state index is 12.6. The second-order valence-electron chi connectivity index (χ2n) is 6.24.